The lowest BCUT2D eigenvalue weighted by Gasteiger charge is -2.02. The number of nitrogens with zero attached hydrogens (tertiary/aromatic N) is 2. The summed E-state index contributed by atoms with van der Waals surface area (Å²) in [5, 5.41) is 3.75. The summed E-state index contributed by atoms with van der Waals surface area (Å²) >= 11 is 0. The van der Waals surface area contributed by atoms with Gasteiger partial charge >= 0.3 is 0 Å². The van der Waals surface area contributed by atoms with E-state index in [1.807, 2.05) is 0 Å². The Morgan fingerprint density at radius 2 is 2.50 bits per heavy atom. The Balaban J connectivity index is 2.65. The van der Waals surface area contributed by atoms with Crippen LogP contribution in [0.1, 0.15) is 18.1 Å². The van der Waals surface area contributed by atoms with E-state index in [2.05, 4.69) is 5.10 Å². The van der Waals surface area contributed by atoms with Gasteiger partial charge in [0, 0.05) is 24.7 Å². The molecule has 1 heterocycles. The lowest BCUT2D eigenvalue weighted by Crippen LogP contribution is -2.23. The van der Waals surface area contributed by atoms with E-state index in [4.69, 9.17) is 11.5 Å². The van der Waals surface area contributed by atoms with Crippen LogP contribution in [0.3, 0.4) is 0 Å². The zero-order chi connectivity index (χ0) is 9.14. The molecule has 66 valence electrons. The van der Waals surface area contributed by atoms with Gasteiger partial charge in [0.2, 0.25) is 5.91 Å². The topological polar surface area (TPSA) is 86.9 Å². The first-order valence-corrected chi connectivity index (χ1v) is 3.69. The van der Waals surface area contributed by atoms with Crippen molar-refractivity contribution in [3.8, 4) is 0 Å². The SMILES string of the molecule is CC(N)CC(=O)n1ccc(N)n1. The van der Waals surface area contributed by atoms with E-state index in [0.29, 0.717) is 5.82 Å². The first kappa shape index (κ1) is 8.73. The van der Waals surface area contributed by atoms with Gasteiger partial charge in [-0.1, -0.05) is 0 Å². The highest BCUT2D eigenvalue weighted by molar-refractivity contribution is 5.78. The second-order valence-electron chi connectivity index (χ2n) is 2.76. The lowest BCUT2D eigenvalue weighted by atomic mass is 10.2. The Bertz CT molecular complexity index is 279. The maximum atomic E-state index is 11.2. The van der Waals surface area contributed by atoms with Gasteiger partial charge in [0.05, 0.1) is 0 Å². The molecule has 1 aromatic rings. The van der Waals surface area contributed by atoms with Crippen LogP contribution < -0.4 is 11.5 Å². The quantitative estimate of drug-likeness (QED) is 0.642. The molecular weight excluding hydrogens is 156 g/mol. The third-order valence-corrected chi connectivity index (χ3v) is 1.36. The first-order chi connectivity index (χ1) is 5.59. The molecular formula is C7H12N4O. The third kappa shape index (κ3) is 2.06. The first-order valence-electron chi connectivity index (χ1n) is 3.69. The Labute approximate surface area is 70.3 Å². The molecule has 1 rings (SSSR count). The average Bonchev–Trinajstić information content (AvgIpc) is 2.34. The molecule has 0 radical (unpaired) electrons. The number of nitrogen functional groups attached to an aromatic ring is 1. The fourth-order valence-electron chi connectivity index (χ4n) is 0.846. The molecule has 0 amide bonds. The molecule has 12 heavy (non-hydrogen) atoms. The van der Waals surface area contributed by atoms with E-state index in [0.717, 1.165) is 0 Å². The largest absolute Gasteiger partial charge is 0.382 e. The van der Waals surface area contributed by atoms with Gasteiger partial charge in [0.1, 0.15) is 5.82 Å². The summed E-state index contributed by atoms with van der Waals surface area (Å²) in [5.41, 5.74) is 10.8. The molecule has 5 heteroatoms. The van der Waals surface area contributed by atoms with Crippen molar-refractivity contribution in [2.24, 2.45) is 5.73 Å². The monoisotopic (exact) mass is 168 g/mol. The molecule has 0 aliphatic heterocycles. The molecule has 1 unspecified atom stereocenters. The lowest BCUT2D eigenvalue weighted by molar-refractivity contribution is 0.0880. The Kier molecular flexibility index (Phi) is 2.44. The summed E-state index contributed by atoms with van der Waals surface area (Å²) in [6.45, 7) is 1.77. The summed E-state index contributed by atoms with van der Waals surface area (Å²) in [6.07, 6.45) is 1.81. The Morgan fingerprint density at radius 1 is 1.83 bits per heavy atom. The number of nitrogens with two attached hydrogens (primary N) is 2. The summed E-state index contributed by atoms with van der Waals surface area (Å²) < 4.78 is 1.21. The van der Waals surface area contributed by atoms with Crippen LogP contribution in [-0.2, 0) is 0 Å². The fourth-order valence-corrected chi connectivity index (χ4v) is 0.846. The standard InChI is InChI=1S/C7H12N4O/c1-5(8)4-7(12)11-3-2-6(9)10-11/h2-3,5H,4,8H2,1H3,(H2,9,10). The molecule has 5 nitrogen and oxygen atoms in total. The van der Waals surface area contributed by atoms with Crippen molar-refractivity contribution in [2.75, 3.05) is 5.73 Å². The van der Waals surface area contributed by atoms with Gasteiger partial charge in [-0.15, -0.1) is 5.10 Å². The molecule has 0 aliphatic rings. The van der Waals surface area contributed by atoms with Gasteiger partial charge in [-0.2, -0.15) is 0 Å². The minimum atomic E-state index is -0.150. The molecule has 0 saturated heterocycles. The van der Waals surface area contributed by atoms with Crippen molar-refractivity contribution in [3.63, 3.8) is 0 Å². The van der Waals surface area contributed by atoms with Crippen LogP contribution in [0.5, 0.6) is 0 Å². The maximum absolute atomic E-state index is 11.2. The van der Waals surface area contributed by atoms with Crippen LogP contribution >= 0.6 is 0 Å². The second-order valence-corrected chi connectivity index (χ2v) is 2.76. The molecule has 0 saturated carbocycles. The summed E-state index contributed by atoms with van der Waals surface area (Å²) in [7, 11) is 0. The van der Waals surface area contributed by atoms with E-state index in [-0.39, 0.29) is 18.4 Å². The predicted molar refractivity (Wildman–Crippen MR) is 45.5 cm³/mol. The zero-order valence-electron chi connectivity index (χ0n) is 6.90. The molecule has 1 aromatic heterocycles. The van der Waals surface area contributed by atoms with Crippen LogP contribution in [-0.4, -0.2) is 21.7 Å². The summed E-state index contributed by atoms with van der Waals surface area (Å²) in [6, 6.07) is 1.42. The molecule has 0 fully saturated rings. The number of carbonyl (C=O) groups is 1. The van der Waals surface area contributed by atoms with Gasteiger partial charge in [0.15, 0.2) is 0 Å². The van der Waals surface area contributed by atoms with E-state index in [9.17, 15) is 4.79 Å². The number of hydrogen-bond acceptors (Lipinski definition) is 4. The molecule has 1 atom stereocenters. The zero-order valence-corrected chi connectivity index (χ0v) is 6.90. The molecule has 0 bridgehead atoms. The van der Waals surface area contributed by atoms with Gasteiger partial charge in [-0.25, -0.2) is 4.68 Å². The fraction of sp³-hybridized carbons (Fsp3) is 0.429. The van der Waals surface area contributed by atoms with Crippen molar-refractivity contribution in [3.05, 3.63) is 12.3 Å². The van der Waals surface area contributed by atoms with E-state index < -0.39 is 0 Å². The number of aromatic nitrogens is 2. The number of anilines is 1. The number of rotatable bonds is 2. The van der Waals surface area contributed by atoms with Gasteiger partial charge < -0.3 is 11.5 Å². The van der Waals surface area contributed by atoms with E-state index in [1.54, 1.807) is 13.0 Å². The van der Waals surface area contributed by atoms with Crippen LogP contribution in [0, 0.1) is 0 Å². The van der Waals surface area contributed by atoms with Gasteiger partial charge in [0.25, 0.3) is 0 Å². The summed E-state index contributed by atoms with van der Waals surface area (Å²) in [5.74, 6) is 0.203. The van der Waals surface area contributed by atoms with E-state index in [1.165, 1.54) is 10.9 Å². The highest BCUT2D eigenvalue weighted by Crippen LogP contribution is 1.98. The Morgan fingerprint density at radius 3 is 2.92 bits per heavy atom. The van der Waals surface area contributed by atoms with Gasteiger partial charge in [-0.3, -0.25) is 4.79 Å². The third-order valence-electron chi connectivity index (χ3n) is 1.36. The number of carbonyl (C=O) groups excluding carboxylic acids is 1. The normalized spacial score (nSPS) is 12.8. The van der Waals surface area contributed by atoms with Crippen molar-refractivity contribution in [1.29, 1.82) is 0 Å². The van der Waals surface area contributed by atoms with Crippen molar-refractivity contribution in [1.82, 2.24) is 9.78 Å². The van der Waals surface area contributed by atoms with Crippen LogP contribution in [0.25, 0.3) is 0 Å². The summed E-state index contributed by atoms with van der Waals surface area (Å²) in [4.78, 5) is 11.2. The highest BCUT2D eigenvalue weighted by Gasteiger charge is 2.07. The second kappa shape index (κ2) is 3.36. The average molecular weight is 168 g/mol. The molecule has 4 N–H and O–H groups in total. The smallest absolute Gasteiger partial charge is 0.248 e. The molecule has 0 aliphatic carbocycles. The van der Waals surface area contributed by atoms with Crippen LogP contribution in [0.15, 0.2) is 12.3 Å². The van der Waals surface area contributed by atoms with Crippen LogP contribution in [0.4, 0.5) is 5.82 Å². The molecule has 0 aromatic carbocycles. The van der Waals surface area contributed by atoms with Gasteiger partial charge in [-0.05, 0) is 6.92 Å². The predicted octanol–water partition coefficient (Wildman–Crippen LogP) is -0.157. The van der Waals surface area contributed by atoms with Crippen molar-refractivity contribution >= 4 is 11.7 Å². The highest BCUT2D eigenvalue weighted by atomic mass is 16.2. The van der Waals surface area contributed by atoms with Crippen molar-refractivity contribution < 1.29 is 4.79 Å². The molecule has 0 spiro atoms. The Hall–Kier alpha value is -1.36. The minimum absolute atomic E-state index is 0.137. The van der Waals surface area contributed by atoms with Crippen molar-refractivity contribution in [2.45, 2.75) is 19.4 Å². The minimum Gasteiger partial charge on any atom is -0.382 e. The maximum Gasteiger partial charge on any atom is 0.248 e. The van der Waals surface area contributed by atoms with Crippen LogP contribution in [0.2, 0.25) is 0 Å². The van der Waals surface area contributed by atoms with E-state index >= 15 is 0 Å². The number of hydrogen-bond donors (Lipinski definition) is 2.